The van der Waals surface area contributed by atoms with E-state index < -0.39 is 0 Å². The molecule has 0 saturated heterocycles. The Balaban J connectivity index is 2.86. The van der Waals surface area contributed by atoms with Gasteiger partial charge in [-0.3, -0.25) is 0 Å². The molecule has 0 saturated carbocycles. The first kappa shape index (κ1) is 16.9. The van der Waals surface area contributed by atoms with Crippen molar-refractivity contribution in [1.82, 2.24) is 4.90 Å². The summed E-state index contributed by atoms with van der Waals surface area (Å²) in [6.45, 7) is 2.94. The zero-order chi connectivity index (χ0) is 15.0. The van der Waals surface area contributed by atoms with Gasteiger partial charge in [0.05, 0.1) is 5.92 Å². The van der Waals surface area contributed by atoms with Gasteiger partial charge >= 0.3 is 0 Å². The van der Waals surface area contributed by atoms with Gasteiger partial charge in [-0.05, 0) is 25.3 Å². The number of rotatable bonds is 8. The van der Waals surface area contributed by atoms with Gasteiger partial charge in [0.2, 0.25) is 0 Å². The molecule has 0 radical (unpaired) electrons. The molecular weight excluding hydrogens is 270 g/mol. The molecule has 3 N–H and O–H groups in total. The van der Waals surface area contributed by atoms with E-state index in [1.165, 1.54) is 0 Å². The molecule has 0 bridgehead atoms. The van der Waals surface area contributed by atoms with Gasteiger partial charge in [0, 0.05) is 18.3 Å². The molecule has 0 fully saturated rings. The molecule has 0 aliphatic carbocycles. The van der Waals surface area contributed by atoms with Gasteiger partial charge in [-0.1, -0.05) is 42.4 Å². The normalized spacial score (nSPS) is 15.3. The summed E-state index contributed by atoms with van der Waals surface area (Å²) in [6.07, 6.45) is 3.21. The zero-order valence-electron chi connectivity index (χ0n) is 12.5. The van der Waals surface area contributed by atoms with Gasteiger partial charge in [-0.25, -0.2) is 0 Å². The van der Waals surface area contributed by atoms with Crippen LogP contribution in [0.4, 0.5) is 0 Å². The molecule has 2 atom stereocenters. The SMILES string of the molecule is CCC(CSC)N(C)CC(/C(N)=N/O)c1ccccc1. The third kappa shape index (κ3) is 4.72. The van der Waals surface area contributed by atoms with Crippen LogP contribution in [0.5, 0.6) is 0 Å². The lowest BCUT2D eigenvalue weighted by atomic mass is 9.97. The monoisotopic (exact) mass is 295 g/mol. The maximum absolute atomic E-state index is 9.02. The third-order valence-corrected chi connectivity index (χ3v) is 4.32. The maximum Gasteiger partial charge on any atom is 0.147 e. The Kier molecular flexibility index (Phi) is 7.47. The molecule has 20 heavy (non-hydrogen) atoms. The summed E-state index contributed by atoms with van der Waals surface area (Å²) in [5, 5.41) is 12.2. The number of nitrogens with two attached hydrogens (primary N) is 1. The van der Waals surface area contributed by atoms with Crippen molar-refractivity contribution >= 4 is 17.6 Å². The lowest BCUT2D eigenvalue weighted by molar-refractivity contribution is 0.250. The molecule has 5 heteroatoms. The van der Waals surface area contributed by atoms with Gasteiger partial charge in [-0.15, -0.1) is 0 Å². The molecule has 2 unspecified atom stereocenters. The van der Waals surface area contributed by atoms with E-state index in [0.717, 1.165) is 24.3 Å². The highest BCUT2D eigenvalue weighted by Gasteiger charge is 2.22. The maximum atomic E-state index is 9.02. The van der Waals surface area contributed by atoms with Crippen LogP contribution in [0.2, 0.25) is 0 Å². The summed E-state index contributed by atoms with van der Waals surface area (Å²) in [4.78, 5) is 2.30. The molecule has 0 spiro atoms. The minimum atomic E-state index is -0.0814. The van der Waals surface area contributed by atoms with Crippen molar-refractivity contribution in [3.63, 3.8) is 0 Å². The number of nitrogens with zero attached hydrogens (tertiary/aromatic N) is 2. The predicted octanol–water partition coefficient (Wildman–Crippen LogP) is 2.59. The third-order valence-electron chi connectivity index (χ3n) is 3.60. The Labute approximate surface area is 126 Å². The Morgan fingerprint density at radius 1 is 1.40 bits per heavy atom. The average Bonchev–Trinajstić information content (AvgIpc) is 2.50. The van der Waals surface area contributed by atoms with Gasteiger partial charge in [0.15, 0.2) is 0 Å². The largest absolute Gasteiger partial charge is 0.409 e. The summed E-state index contributed by atoms with van der Waals surface area (Å²) < 4.78 is 0. The smallest absolute Gasteiger partial charge is 0.147 e. The minimum absolute atomic E-state index is 0.0814. The molecule has 112 valence electrons. The number of benzene rings is 1. The number of oxime groups is 1. The fraction of sp³-hybridized carbons (Fsp3) is 0.533. The molecule has 0 amide bonds. The van der Waals surface area contributed by atoms with Crippen LogP contribution in [0.25, 0.3) is 0 Å². The van der Waals surface area contributed by atoms with E-state index in [9.17, 15) is 0 Å². The first-order valence-electron chi connectivity index (χ1n) is 6.85. The minimum Gasteiger partial charge on any atom is -0.409 e. The number of amidine groups is 1. The van der Waals surface area contributed by atoms with E-state index >= 15 is 0 Å². The van der Waals surface area contributed by atoms with Gasteiger partial charge in [0.1, 0.15) is 5.84 Å². The first-order chi connectivity index (χ1) is 9.63. The summed E-state index contributed by atoms with van der Waals surface area (Å²) in [7, 11) is 2.10. The second-order valence-electron chi connectivity index (χ2n) is 4.95. The van der Waals surface area contributed by atoms with E-state index in [4.69, 9.17) is 10.9 Å². The lowest BCUT2D eigenvalue weighted by Crippen LogP contribution is -2.39. The molecule has 0 aromatic heterocycles. The zero-order valence-corrected chi connectivity index (χ0v) is 13.3. The van der Waals surface area contributed by atoms with Crippen LogP contribution in [0.3, 0.4) is 0 Å². The topological polar surface area (TPSA) is 61.8 Å². The Morgan fingerprint density at radius 3 is 2.55 bits per heavy atom. The van der Waals surface area contributed by atoms with Crippen LogP contribution in [-0.4, -0.2) is 47.6 Å². The van der Waals surface area contributed by atoms with Crippen molar-refractivity contribution in [2.75, 3.05) is 25.6 Å². The molecule has 1 aromatic carbocycles. The second-order valence-corrected chi connectivity index (χ2v) is 5.86. The fourth-order valence-electron chi connectivity index (χ4n) is 2.31. The van der Waals surface area contributed by atoms with E-state index in [0.29, 0.717) is 6.04 Å². The summed E-state index contributed by atoms with van der Waals surface area (Å²) in [6, 6.07) is 10.5. The summed E-state index contributed by atoms with van der Waals surface area (Å²) >= 11 is 1.85. The van der Waals surface area contributed by atoms with Gasteiger partial charge in [-0.2, -0.15) is 11.8 Å². The standard InChI is InChI=1S/C15H25N3OS/c1-4-13(11-20-3)18(2)10-14(15(16)17-19)12-8-6-5-7-9-12/h5-9,13-14,19H,4,10-11H2,1-3H3,(H2,16,17). The Morgan fingerprint density at radius 2 is 2.05 bits per heavy atom. The fourth-order valence-corrected chi connectivity index (χ4v) is 3.19. The molecule has 4 nitrogen and oxygen atoms in total. The highest BCUT2D eigenvalue weighted by atomic mass is 32.2. The molecular formula is C15H25N3OS. The first-order valence-corrected chi connectivity index (χ1v) is 8.24. The number of likely N-dealkylation sites (N-methyl/N-ethyl adjacent to an activating group) is 1. The highest BCUT2D eigenvalue weighted by molar-refractivity contribution is 7.98. The second kappa shape index (κ2) is 8.87. The van der Waals surface area contributed by atoms with Crippen molar-refractivity contribution in [3.05, 3.63) is 35.9 Å². The van der Waals surface area contributed by atoms with Crippen molar-refractivity contribution in [1.29, 1.82) is 0 Å². The van der Waals surface area contributed by atoms with Crippen LogP contribution < -0.4 is 5.73 Å². The molecule has 0 heterocycles. The molecule has 1 aromatic rings. The van der Waals surface area contributed by atoms with E-state index in [2.05, 4.69) is 30.3 Å². The molecule has 0 aliphatic heterocycles. The van der Waals surface area contributed by atoms with Crippen molar-refractivity contribution in [2.45, 2.75) is 25.3 Å². The molecule has 1 rings (SSSR count). The van der Waals surface area contributed by atoms with Crippen LogP contribution in [0.1, 0.15) is 24.8 Å². The van der Waals surface area contributed by atoms with Crippen LogP contribution >= 0.6 is 11.8 Å². The lowest BCUT2D eigenvalue weighted by Gasteiger charge is -2.30. The van der Waals surface area contributed by atoms with E-state index in [1.807, 2.05) is 42.1 Å². The van der Waals surface area contributed by atoms with Crippen molar-refractivity contribution in [3.8, 4) is 0 Å². The van der Waals surface area contributed by atoms with E-state index in [-0.39, 0.29) is 11.8 Å². The van der Waals surface area contributed by atoms with Crippen LogP contribution in [0, 0.1) is 0 Å². The number of thioether (sulfide) groups is 1. The predicted molar refractivity (Wildman–Crippen MR) is 87.7 cm³/mol. The number of hydrogen-bond donors (Lipinski definition) is 2. The Hall–Kier alpha value is -1.20. The highest BCUT2D eigenvalue weighted by Crippen LogP contribution is 2.19. The van der Waals surface area contributed by atoms with Crippen molar-refractivity contribution in [2.24, 2.45) is 10.9 Å². The van der Waals surface area contributed by atoms with Crippen molar-refractivity contribution < 1.29 is 5.21 Å². The Bertz CT molecular complexity index is 411. The van der Waals surface area contributed by atoms with E-state index in [1.54, 1.807) is 0 Å². The summed E-state index contributed by atoms with van der Waals surface area (Å²) in [5.41, 5.74) is 6.96. The molecule has 0 aliphatic rings. The van der Waals surface area contributed by atoms with Gasteiger partial charge in [0.25, 0.3) is 0 Å². The van der Waals surface area contributed by atoms with Gasteiger partial charge < -0.3 is 15.8 Å². The average molecular weight is 295 g/mol. The quantitative estimate of drug-likeness (QED) is 0.335. The summed E-state index contributed by atoms with van der Waals surface area (Å²) in [5.74, 6) is 1.27. The number of hydrogen-bond acceptors (Lipinski definition) is 4. The van der Waals surface area contributed by atoms with Crippen LogP contribution in [0.15, 0.2) is 35.5 Å². The van der Waals surface area contributed by atoms with Crippen LogP contribution in [-0.2, 0) is 0 Å².